The van der Waals surface area contributed by atoms with Gasteiger partial charge in [0.15, 0.2) is 0 Å². The van der Waals surface area contributed by atoms with Crippen LogP contribution in [0.25, 0.3) is 5.76 Å². The van der Waals surface area contributed by atoms with E-state index < -0.39 is 17.7 Å². The molecule has 2 aromatic rings. The van der Waals surface area contributed by atoms with E-state index in [1.807, 2.05) is 24.3 Å². The fourth-order valence-electron chi connectivity index (χ4n) is 4.19. The van der Waals surface area contributed by atoms with E-state index in [9.17, 15) is 14.7 Å². The van der Waals surface area contributed by atoms with Crippen molar-refractivity contribution in [2.75, 3.05) is 39.4 Å². The summed E-state index contributed by atoms with van der Waals surface area (Å²) in [4.78, 5) is 29.9. The quantitative estimate of drug-likeness (QED) is 0.351. The molecular weight excluding hydrogens is 496 g/mol. The van der Waals surface area contributed by atoms with Crippen molar-refractivity contribution >= 4 is 45.0 Å². The van der Waals surface area contributed by atoms with Crippen molar-refractivity contribution in [1.29, 1.82) is 0 Å². The Labute approximate surface area is 200 Å². The van der Waals surface area contributed by atoms with Crippen molar-refractivity contribution in [1.82, 2.24) is 9.80 Å². The van der Waals surface area contributed by atoms with E-state index in [1.165, 1.54) is 0 Å². The van der Waals surface area contributed by atoms with Gasteiger partial charge >= 0.3 is 0 Å². The van der Waals surface area contributed by atoms with Gasteiger partial charge in [-0.2, -0.15) is 0 Å². The van der Waals surface area contributed by atoms with Gasteiger partial charge in [-0.1, -0.05) is 39.7 Å². The molecule has 4 rings (SSSR count). The topological polar surface area (TPSA) is 70.1 Å². The Balaban J connectivity index is 1.67. The lowest BCUT2D eigenvalue weighted by atomic mass is 9.95. The Kier molecular flexibility index (Phi) is 7.30. The number of ketones is 1. The number of morpholine rings is 1. The van der Waals surface area contributed by atoms with Crippen LogP contribution in [0.4, 0.5) is 0 Å². The van der Waals surface area contributed by atoms with Crippen molar-refractivity contribution in [3.05, 3.63) is 74.7 Å². The summed E-state index contributed by atoms with van der Waals surface area (Å²) in [7, 11) is 0. The maximum absolute atomic E-state index is 13.1. The molecule has 1 unspecified atom stereocenters. The largest absolute Gasteiger partial charge is 0.507 e. The SMILES string of the molecule is O=C1C(=O)N(CCCN2CCOCC2)C(c2cccc(Br)c2)C1=C(O)c1ccc(Cl)cc1. The smallest absolute Gasteiger partial charge is 0.295 e. The highest BCUT2D eigenvalue weighted by Crippen LogP contribution is 2.40. The van der Waals surface area contributed by atoms with Crippen LogP contribution < -0.4 is 0 Å². The van der Waals surface area contributed by atoms with Crippen LogP contribution in [-0.4, -0.2) is 66.0 Å². The standard InChI is InChI=1S/C24H24BrClN2O4/c25-18-4-1-3-17(15-18)21-20(22(29)16-5-7-19(26)8-6-16)23(30)24(31)28(21)10-2-9-27-11-13-32-14-12-27/h1,3-8,15,21,29H,2,9-14H2. The molecule has 6 nitrogen and oxygen atoms in total. The second kappa shape index (κ2) is 10.2. The maximum Gasteiger partial charge on any atom is 0.295 e. The Morgan fingerprint density at radius 1 is 1.09 bits per heavy atom. The monoisotopic (exact) mass is 518 g/mol. The van der Waals surface area contributed by atoms with E-state index in [-0.39, 0.29) is 11.3 Å². The number of hydrogen-bond acceptors (Lipinski definition) is 5. The van der Waals surface area contributed by atoms with Gasteiger partial charge in [0.05, 0.1) is 24.8 Å². The van der Waals surface area contributed by atoms with Crippen LogP contribution in [0.15, 0.2) is 58.6 Å². The maximum atomic E-state index is 13.1. The highest BCUT2D eigenvalue weighted by atomic mass is 79.9. The number of hydrogen-bond donors (Lipinski definition) is 1. The van der Waals surface area contributed by atoms with Crippen LogP contribution in [0.3, 0.4) is 0 Å². The summed E-state index contributed by atoms with van der Waals surface area (Å²) in [5.74, 6) is -1.46. The van der Waals surface area contributed by atoms with Crippen molar-refractivity contribution < 1.29 is 19.4 Å². The molecule has 1 amide bonds. The van der Waals surface area contributed by atoms with Crippen molar-refractivity contribution in [3.8, 4) is 0 Å². The van der Waals surface area contributed by atoms with Crippen molar-refractivity contribution in [2.45, 2.75) is 12.5 Å². The summed E-state index contributed by atoms with van der Waals surface area (Å²) in [5, 5.41) is 11.6. The Bertz CT molecular complexity index is 1030. The molecule has 1 atom stereocenters. The van der Waals surface area contributed by atoms with E-state index in [0.717, 1.165) is 36.1 Å². The molecule has 0 radical (unpaired) electrons. The summed E-state index contributed by atoms with van der Waals surface area (Å²) in [5.41, 5.74) is 1.31. The third kappa shape index (κ3) is 4.91. The fourth-order valence-corrected chi connectivity index (χ4v) is 4.73. The third-order valence-electron chi connectivity index (χ3n) is 5.80. The highest BCUT2D eigenvalue weighted by molar-refractivity contribution is 9.10. The van der Waals surface area contributed by atoms with Crippen LogP contribution in [0.1, 0.15) is 23.6 Å². The highest BCUT2D eigenvalue weighted by Gasteiger charge is 2.45. The van der Waals surface area contributed by atoms with Gasteiger partial charge in [0.1, 0.15) is 5.76 Å². The fraction of sp³-hybridized carbons (Fsp3) is 0.333. The van der Waals surface area contributed by atoms with Gasteiger partial charge in [0.2, 0.25) is 0 Å². The number of amides is 1. The lowest BCUT2D eigenvalue weighted by Crippen LogP contribution is -2.38. The molecule has 2 heterocycles. The Morgan fingerprint density at radius 2 is 1.81 bits per heavy atom. The molecule has 2 aliphatic rings. The number of aliphatic hydroxyl groups is 1. The number of ether oxygens (including phenoxy) is 1. The summed E-state index contributed by atoms with van der Waals surface area (Å²) >= 11 is 9.44. The first-order chi connectivity index (χ1) is 15.5. The molecule has 1 N–H and O–H groups in total. The normalized spacial score (nSPS) is 21.3. The number of benzene rings is 2. The van der Waals surface area contributed by atoms with Crippen LogP contribution >= 0.6 is 27.5 Å². The van der Waals surface area contributed by atoms with E-state index in [2.05, 4.69) is 20.8 Å². The zero-order valence-corrected chi connectivity index (χ0v) is 19.8. The summed E-state index contributed by atoms with van der Waals surface area (Å²) in [6.45, 7) is 4.38. The zero-order chi connectivity index (χ0) is 22.7. The molecular formula is C24H24BrClN2O4. The Hall–Kier alpha value is -2.19. The molecule has 2 aliphatic heterocycles. The van der Waals surface area contributed by atoms with E-state index in [1.54, 1.807) is 29.2 Å². The lowest BCUT2D eigenvalue weighted by Gasteiger charge is -2.29. The first-order valence-corrected chi connectivity index (χ1v) is 11.7. The molecule has 32 heavy (non-hydrogen) atoms. The van der Waals surface area contributed by atoms with Gasteiger partial charge in [-0.3, -0.25) is 14.5 Å². The number of likely N-dealkylation sites (tertiary alicyclic amines) is 1. The van der Waals surface area contributed by atoms with E-state index >= 15 is 0 Å². The number of halogens is 2. The van der Waals surface area contributed by atoms with Gasteiger partial charge in [-0.05, 0) is 48.4 Å². The molecule has 168 valence electrons. The molecule has 2 saturated heterocycles. The summed E-state index contributed by atoms with van der Waals surface area (Å²) < 4.78 is 6.22. The van der Waals surface area contributed by atoms with Crippen LogP contribution in [0.2, 0.25) is 5.02 Å². The lowest BCUT2D eigenvalue weighted by molar-refractivity contribution is -0.140. The minimum absolute atomic E-state index is 0.0989. The molecule has 0 aliphatic carbocycles. The van der Waals surface area contributed by atoms with E-state index in [0.29, 0.717) is 30.3 Å². The predicted octanol–water partition coefficient (Wildman–Crippen LogP) is 4.25. The molecule has 0 saturated carbocycles. The van der Waals surface area contributed by atoms with Gasteiger partial charge in [0, 0.05) is 41.2 Å². The first-order valence-electron chi connectivity index (χ1n) is 10.6. The van der Waals surface area contributed by atoms with Gasteiger partial charge in [-0.15, -0.1) is 0 Å². The molecule has 2 fully saturated rings. The van der Waals surface area contributed by atoms with Gasteiger partial charge < -0.3 is 14.7 Å². The number of carbonyl (C=O) groups excluding carboxylic acids is 2. The number of Topliss-reactive ketones (excluding diaryl/α,β-unsaturated/α-hetero) is 1. The van der Waals surface area contributed by atoms with Gasteiger partial charge in [0.25, 0.3) is 11.7 Å². The van der Waals surface area contributed by atoms with Crippen molar-refractivity contribution in [2.24, 2.45) is 0 Å². The average Bonchev–Trinajstić information content (AvgIpc) is 3.05. The summed E-state index contributed by atoms with van der Waals surface area (Å²) in [6, 6.07) is 13.4. The van der Waals surface area contributed by atoms with Crippen LogP contribution in [0.5, 0.6) is 0 Å². The number of nitrogens with zero attached hydrogens (tertiary/aromatic N) is 2. The zero-order valence-electron chi connectivity index (χ0n) is 17.5. The number of aliphatic hydroxyl groups excluding tert-OH is 1. The third-order valence-corrected chi connectivity index (χ3v) is 6.54. The molecule has 0 spiro atoms. The predicted molar refractivity (Wildman–Crippen MR) is 126 cm³/mol. The molecule has 0 bridgehead atoms. The summed E-state index contributed by atoms with van der Waals surface area (Å²) in [6.07, 6.45) is 0.721. The molecule has 0 aromatic heterocycles. The van der Waals surface area contributed by atoms with Gasteiger partial charge in [-0.25, -0.2) is 0 Å². The first kappa shape index (κ1) is 23.0. The van der Waals surface area contributed by atoms with Crippen LogP contribution in [-0.2, 0) is 14.3 Å². The second-order valence-corrected chi connectivity index (χ2v) is 9.21. The Morgan fingerprint density at radius 3 is 2.50 bits per heavy atom. The van der Waals surface area contributed by atoms with E-state index in [4.69, 9.17) is 16.3 Å². The molecule has 8 heteroatoms. The van der Waals surface area contributed by atoms with Crippen molar-refractivity contribution in [3.63, 3.8) is 0 Å². The van der Waals surface area contributed by atoms with Crippen LogP contribution in [0, 0.1) is 0 Å². The number of carbonyl (C=O) groups is 2. The minimum atomic E-state index is -0.672. The number of rotatable bonds is 6. The minimum Gasteiger partial charge on any atom is -0.507 e. The molecule has 2 aromatic carbocycles. The second-order valence-electron chi connectivity index (χ2n) is 7.86. The average molecular weight is 520 g/mol.